The molecule has 0 saturated heterocycles. The van der Waals surface area contributed by atoms with Gasteiger partial charge in [0.15, 0.2) is 11.6 Å². The maximum absolute atomic E-state index is 14.5. The van der Waals surface area contributed by atoms with Crippen molar-refractivity contribution in [3.8, 4) is 5.75 Å². The average molecular weight is 675 g/mol. The number of carbonyl (C=O) groups excluding carboxylic acids is 1. The van der Waals surface area contributed by atoms with Gasteiger partial charge < -0.3 is 4.74 Å². The van der Waals surface area contributed by atoms with Crippen molar-refractivity contribution in [2.75, 3.05) is 4.90 Å². The van der Waals surface area contributed by atoms with Crippen LogP contribution in [0.15, 0.2) is 60.7 Å². The summed E-state index contributed by atoms with van der Waals surface area (Å²) in [6, 6.07) is 15.6. The average Bonchev–Trinajstić information content (AvgIpc) is 2.96. The fourth-order valence-electron chi connectivity index (χ4n) is 7.22. The van der Waals surface area contributed by atoms with Crippen LogP contribution in [-0.4, -0.2) is 22.8 Å². The van der Waals surface area contributed by atoms with E-state index in [0.29, 0.717) is 34.9 Å². The number of benzene rings is 4. The Balaban J connectivity index is 1.68. The SMILES string of the molecule is CC(C)(C)Cc1cccc(CC(C)(C)C)c1B1c2ccc3c(C(F)(F)F)cc(C(F)(F)F)c4c3c2N(C(=O)O4)c2nc3ccccc3nc21. The summed E-state index contributed by atoms with van der Waals surface area (Å²) in [7, 11) is 0. The molecule has 252 valence electrons. The van der Waals surface area contributed by atoms with E-state index in [4.69, 9.17) is 14.7 Å². The smallest absolute Gasteiger partial charge is 0.408 e. The number of para-hydroxylation sites is 2. The van der Waals surface area contributed by atoms with Gasteiger partial charge in [0.1, 0.15) is 0 Å². The number of fused-ring (bicyclic) bond motifs is 3. The summed E-state index contributed by atoms with van der Waals surface area (Å²) in [6.45, 7) is 11.8. The number of amides is 1. The minimum Gasteiger partial charge on any atom is -0.408 e. The zero-order valence-corrected chi connectivity index (χ0v) is 27.7. The van der Waals surface area contributed by atoms with Gasteiger partial charge in [-0.2, -0.15) is 26.3 Å². The summed E-state index contributed by atoms with van der Waals surface area (Å²) >= 11 is 0. The molecule has 0 saturated carbocycles. The summed E-state index contributed by atoms with van der Waals surface area (Å²) in [5, 5.41) is -0.962. The highest BCUT2D eigenvalue weighted by Gasteiger charge is 2.50. The highest BCUT2D eigenvalue weighted by atomic mass is 19.4. The molecule has 0 atom stereocenters. The first-order valence-electron chi connectivity index (χ1n) is 15.9. The molecule has 2 aliphatic rings. The number of ether oxygens (including phenoxy) is 1. The van der Waals surface area contributed by atoms with Gasteiger partial charge in [-0.1, -0.05) is 101 Å². The third-order valence-corrected chi connectivity index (χ3v) is 8.86. The highest BCUT2D eigenvalue weighted by Crippen LogP contribution is 2.52. The van der Waals surface area contributed by atoms with Gasteiger partial charge in [-0.25, -0.2) is 14.7 Å². The van der Waals surface area contributed by atoms with Crippen LogP contribution in [0, 0.1) is 10.8 Å². The topological polar surface area (TPSA) is 55.3 Å². The van der Waals surface area contributed by atoms with Crippen LogP contribution in [0.25, 0.3) is 21.8 Å². The molecule has 49 heavy (non-hydrogen) atoms. The van der Waals surface area contributed by atoms with E-state index in [1.807, 2.05) is 18.2 Å². The first-order valence-corrected chi connectivity index (χ1v) is 15.9. The minimum atomic E-state index is -5.25. The summed E-state index contributed by atoms with van der Waals surface area (Å²) in [5.74, 6) is -0.958. The normalized spacial score (nSPS) is 14.8. The lowest BCUT2D eigenvalue weighted by molar-refractivity contribution is -0.142. The molecule has 5 nitrogen and oxygen atoms in total. The molecule has 0 fully saturated rings. The van der Waals surface area contributed by atoms with Crippen molar-refractivity contribution in [1.82, 2.24) is 9.97 Å². The lowest BCUT2D eigenvalue weighted by Gasteiger charge is -2.39. The quantitative estimate of drug-likeness (QED) is 0.142. The Labute approximate surface area is 279 Å². The zero-order valence-electron chi connectivity index (χ0n) is 27.7. The predicted molar refractivity (Wildman–Crippen MR) is 179 cm³/mol. The van der Waals surface area contributed by atoms with E-state index in [0.717, 1.165) is 21.5 Å². The second kappa shape index (κ2) is 10.7. The summed E-state index contributed by atoms with van der Waals surface area (Å²) in [5.41, 5.74) is 0.715. The molecule has 1 amide bonds. The Hall–Kier alpha value is -4.61. The molecule has 12 heteroatoms. The first kappa shape index (κ1) is 32.9. The fraction of sp³-hybridized carbons (Fsp3) is 0.324. The number of aromatic nitrogens is 2. The maximum Gasteiger partial charge on any atom is 0.425 e. The molecule has 0 unspecified atom stereocenters. The van der Waals surface area contributed by atoms with Crippen LogP contribution in [0.5, 0.6) is 5.75 Å². The standard InChI is InChI=1S/C37H32BF6N3O2/c1-34(2,3)17-19-10-9-11-20(18-35(4,5)6)28(19)38-24-15-14-21-22(36(39,40)41)16-23(37(42,43)44)30-27(21)29(24)47(33(48)49-30)32-31(38)45-25-12-7-8-13-26(25)46-32/h7-16H,17-18H2,1-6H3. The van der Waals surface area contributed by atoms with Crippen molar-refractivity contribution >= 4 is 62.6 Å². The molecule has 0 radical (unpaired) electrons. The third-order valence-electron chi connectivity index (χ3n) is 8.86. The number of rotatable bonds is 3. The monoisotopic (exact) mass is 675 g/mol. The molecule has 1 aromatic heterocycles. The van der Waals surface area contributed by atoms with Crippen LogP contribution in [0.2, 0.25) is 0 Å². The van der Waals surface area contributed by atoms with E-state index in [1.54, 1.807) is 24.3 Å². The molecule has 3 heterocycles. The largest absolute Gasteiger partial charge is 0.425 e. The molecule has 5 aromatic rings. The van der Waals surface area contributed by atoms with Gasteiger partial charge >= 0.3 is 18.4 Å². The predicted octanol–water partition coefficient (Wildman–Crippen LogP) is 8.48. The van der Waals surface area contributed by atoms with Crippen LogP contribution in [0.3, 0.4) is 0 Å². The van der Waals surface area contributed by atoms with Gasteiger partial charge in [0.05, 0.1) is 33.4 Å². The Morgan fingerprint density at radius 1 is 0.735 bits per heavy atom. The van der Waals surface area contributed by atoms with Gasteiger partial charge in [0.2, 0.25) is 0 Å². The van der Waals surface area contributed by atoms with E-state index in [9.17, 15) is 31.1 Å². The molecular formula is C37H32BF6N3O2. The highest BCUT2D eigenvalue weighted by molar-refractivity contribution is 6.98. The fourth-order valence-corrected chi connectivity index (χ4v) is 7.22. The molecule has 4 aromatic carbocycles. The second-order valence-corrected chi connectivity index (χ2v) is 15.2. The Morgan fingerprint density at radius 2 is 1.31 bits per heavy atom. The van der Waals surface area contributed by atoms with E-state index in [2.05, 4.69) is 41.5 Å². The minimum absolute atomic E-state index is 0.00223. The summed E-state index contributed by atoms with van der Waals surface area (Å²) in [6.07, 6.45) is -10.4. The van der Waals surface area contributed by atoms with Gasteiger partial charge in [-0.15, -0.1) is 0 Å². The van der Waals surface area contributed by atoms with E-state index in [1.165, 1.54) is 12.1 Å². The van der Waals surface area contributed by atoms with Crippen LogP contribution in [0.4, 0.5) is 42.6 Å². The lowest BCUT2D eigenvalue weighted by Crippen LogP contribution is -2.62. The number of carbonyl (C=O) groups is 1. The Bertz CT molecular complexity index is 2160. The number of hydrogen-bond donors (Lipinski definition) is 0. The molecular weight excluding hydrogens is 643 g/mol. The van der Waals surface area contributed by atoms with Gasteiger partial charge in [0, 0.05) is 5.39 Å². The van der Waals surface area contributed by atoms with Crippen molar-refractivity contribution in [2.24, 2.45) is 10.8 Å². The van der Waals surface area contributed by atoms with E-state index < -0.39 is 52.8 Å². The molecule has 0 aliphatic carbocycles. The van der Waals surface area contributed by atoms with Crippen molar-refractivity contribution < 1.29 is 35.9 Å². The number of anilines is 2. The molecule has 7 rings (SSSR count). The van der Waals surface area contributed by atoms with Gasteiger partial charge in [-0.05, 0) is 52.7 Å². The maximum atomic E-state index is 14.5. The van der Waals surface area contributed by atoms with Crippen LogP contribution in [-0.2, 0) is 25.2 Å². The Kier molecular flexibility index (Phi) is 7.19. The zero-order chi connectivity index (χ0) is 35.4. The third kappa shape index (κ3) is 5.58. The molecule has 2 aliphatic heterocycles. The summed E-state index contributed by atoms with van der Waals surface area (Å²) in [4.78, 5) is 24.7. The Morgan fingerprint density at radius 3 is 1.86 bits per heavy atom. The van der Waals surface area contributed by atoms with Crippen molar-refractivity contribution in [1.29, 1.82) is 0 Å². The molecule has 0 bridgehead atoms. The van der Waals surface area contributed by atoms with Crippen molar-refractivity contribution in [3.05, 3.63) is 82.9 Å². The molecule has 0 spiro atoms. The first-order chi connectivity index (χ1) is 22.7. The number of alkyl halides is 6. The van der Waals surface area contributed by atoms with Gasteiger partial charge in [-0.3, -0.25) is 4.98 Å². The van der Waals surface area contributed by atoms with Gasteiger partial charge in [0.25, 0.3) is 6.71 Å². The van der Waals surface area contributed by atoms with Crippen LogP contribution in [0.1, 0.15) is 63.8 Å². The number of halogens is 6. The molecule has 0 N–H and O–H groups in total. The number of nitrogens with zero attached hydrogens (tertiary/aromatic N) is 3. The van der Waals surface area contributed by atoms with E-state index in [-0.39, 0.29) is 28.4 Å². The summed E-state index contributed by atoms with van der Waals surface area (Å²) < 4.78 is 92.3. The van der Waals surface area contributed by atoms with Crippen LogP contribution >= 0.6 is 0 Å². The number of hydrogen-bond acceptors (Lipinski definition) is 4. The second-order valence-electron chi connectivity index (χ2n) is 15.2. The van der Waals surface area contributed by atoms with Crippen LogP contribution < -0.4 is 26.2 Å². The van der Waals surface area contributed by atoms with Crippen molar-refractivity contribution in [2.45, 2.75) is 66.7 Å². The van der Waals surface area contributed by atoms with Crippen molar-refractivity contribution in [3.63, 3.8) is 0 Å². The lowest BCUT2D eigenvalue weighted by atomic mass is 9.35. The van der Waals surface area contributed by atoms with E-state index >= 15 is 0 Å².